The first-order chi connectivity index (χ1) is 7.65. The number of ether oxygens (including phenoxy) is 3. The predicted octanol–water partition coefficient (Wildman–Crippen LogP) is 0.464. The fraction of sp³-hybridized carbons (Fsp3) is 0.300. The molecule has 1 radical (unpaired) electrons. The molecule has 1 aromatic heterocycles. The molecule has 1 heterocycles. The number of hydrogen-bond donors (Lipinski definition) is 0. The molecule has 6 nitrogen and oxygen atoms in total. The molecule has 0 saturated heterocycles. The summed E-state index contributed by atoms with van der Waals surface area (Å²) < 4.78 is 13.9. The molecule has 1 aromatic rings. The molecule has 6 heteroatoms. The van der Waals surface area contributed by atoms with E-state index in [9.17, 15) is 9.59 Å². The van der Waals surface area contributed by atoms with Crippen molar-refractivity contribution in [2.45, 2.75) is 0 Å². The number of pyridine rings is 1. The lowest BCUT2D eigenvalue weighted by atomic mass is 10.1. The van der Waals surface area contributed by atoms with Crippen LogP contribution in [0.5, 0.6) is 5.88 Å². The van der Waals surface area contributed by atoms with Crippen molar-refractivity contribution in [2.75, 3.05) is 21.3 Å². The van der Waals surface area contributed by atoms with Gasteiger partial charge in [-0.2, -0.15) is 0 Å². The Labute approximate surface area is 92.1 Å². The monoisotopic (exact) mass is 224 g/mol. The molecule has 0 fully saturated rings. The van der Waals surface area contributed by atoms with Gasteiger partial charge in [-0.15, -0.1) is 0 Å². The quantitative estimate of drug-likeness (QED) is 0.694. The molecule has 0 aromatic carbocycles. The molecule has 0 aliphatic heterocycles. The van der Waals surface area contributed by atoms with Crippen LogP contribution in [0.15, 0.2) is 6.07 Å². The van der Waals surface area contributed by atoms with Gasteiger partial charge in [-0.3, -0.25) is 0 Å². The molecule has 16 heavy (non-hydrogen) atoms. The van der Waals surface area contributed by atoms with E-state index < -0.39 is 11.9 Å². The number of carbonyl (C=O) groups is 2. The summed E-state index contributed by atoms with van der Waals surface area (Å²) in [5.74, 6) is -1.44. The molecule has 0 atom stereocenters. The number of esters is 2. The molecule has 1 rings (SSSR count). The van der Waals surface area contributed by atoms with Gasteiger partial charge in [0.15, 0.2) is 0 Å². The van der Waals surface area contributed by atoms with Crippen LogP contribution in [-0.2, 0) is 9.47 Å². The van der Waals surface area contributed by atoms with Crippen LogP contribution in [-0.4, -0.2) is 38.3 Å². The second-order valence-electron chi connectivity index (χ2n) is 2.67. The summed E-state index contributed by atoms with van der Waals surface area (Å²) in [6, 6.07) is 1.24. The highest BCUT2D eigenvalue weighted by Crippen LogP contribution is 2.20. The summed E-state index contributed by atoms with van der Waals surface area (Å²) >= 11 is 0. The fourth-order valence-electron chi connectivity index (χ4n) is 1.12. The number of hydrogen-bond acceptors (Lipinski definition) is 6. The maximum atomic E-state index is 11.5. The second-order valence-corrected chi connectivity index (χ2v) is 2.67. The molecular formula is C10H10NO5. The molecular weight excluding hydrogens is 214 g/mol. The third-order valence-electron chi connectivity index (χ3n) is 1.85. The van der Waals surface area contributed by atoms with Crippen LogP contribution in [0.4, 0.5) is 0 Å². The molecule has 0 aliphatic rings. The number of methoxy groups -OCH3 is 3. The molecule has 0 aliphatic carbocycles. The van der Waals surface area contributed by atoms with Gasteiger partial charge in [0.2, 0.25) is 5.88 Å². The van der Waals surface area contributed by atoms with Crippen molar-refractivity contribution in [3.63, 3.8) is 0 Å². The Morgan fingerprint density at radius 2 is 1.81 bits per heavy atom. The minimum absolute atomic E-state index is 0.00111. The van der Waals surface area contributed by atoms with E-state index in [0.717, 1.165) is 0 Å². The molecule has 0 spiro atoms. The first-order valence-corrected chi connectivity index (χ1v) is 4.27. The zero-order valence-corrected chi connectivity index (χ0v) is 9.07. The van der Waals surface area contributed by atoms with Gasteiger partial charge in [0.1, 0.15) is 5.56 Å². The minimum atomic E-state index is -0.723. The normalized spacial score (nSPS) is 9.44. The van der Waals surface area contributed by atoms with Crippen LogP contribution in [0, 0.1) is 6.20 Å². The van der Waals surface area contributed by atoms with E-state index in [1.807, 2.05) is 0 Å². The van der Waals surface area contributed by atoms with Gasteiger partial charge in [0.05, 0.1) is 33.1 Å². The maximum absolute atomic E-state index is 11.5. The number of aromatic nitrogens is 1. The average molecular weight is 224 g/mol. The zero-order valence-electron chi connectivity index (χ0n) is 9.07. The van der Waals surface area contributed by atoms with Crippen LogP contribution in [0.3, 0.4) is 0 Å². The van der Waals surface area contributed by atoms with E-state index in [-0.39, 0.29) is 17.0 Å². The Hall–Kier alpha value is -2.11. The summed E-state index contributed by atoms with van der Waals surface area (Å²) in [7, 11) is 3.72. The predicted molar refractivity (Wildman–Crippen MR) is 52.3 cm³/mol. The molecule has 0 bridgehead atoms. The molecule has 0 N–H and O–H groups in total. The van der Waals surface area contributed by atoms with Crippen molar-refractivity contribution in [2.24, 2.45) is 0 Å². The number of carbonyl (C=O) groups excluding carboxylic acids is 2. The largest absolute Gasteiger partial charge is 0.480 e. The van der Waals surface area contributed by atoms with Gasteiger partial charge in [-0.05, 0) is 6.07 Å². The van der Waals surface area contributed by atoms with Gasteiger partial charge in [-0.1, -0.05) is 0 Å². The number of nitrogens with zero attached hydrogens (tertiary/aromatic N) is 1. The Bertz CT molecular complexity index is 416. The lowest BCUT2D eigenvalue weighted by Crippen LogP contribution is -2.14. The van der Waals surface area contributed by atoms with Crippen LogP contribution in [0.1, 0.15) is 20.7 Å². The first-order valence-electron chi connectivity index (χ1n) is 4.27. The van der Waals surface area contributed by atoms with Crippen LogP contribution in [0.25, 0.3) is 0 Å². The highest BCUT2D eigenvalue weighted by Gasteiger charge is 2.24. The smallest absolute Gasteiger partial charge is 0.344 e. The topological polar surface area (TPSA) is 74.7 Å². The lowest BCUT2D eigenvalue weighted by Gasteiger charge is -2.08. The van der Waals surface area contributed by atoms with E-state index in [1.165, 1.54) is 27.4 Å². The average Bonchev–Trinajstić information content (AvgIpc) is 2.35. The zero-order chi connectivity index (χ0) is 12.1. The van der Waals surface area contributed by atoms with Crippen LogP contribution >= 0.6 is 0 Å². The first kappa shape index (κ1) is 12.0. The Morgan fingerprint density at radius 3 is 2.31 bits per heavy atom. The van der Waals surface area contributed by atoms with Crippen molar-refractivity contribution >= 4 is 11.9 Å². The Balaban J connectivity index is 3.37. The molecule has 85 valence electrons. The third-order valence-corrected chi connectivity index (χ3v) is 1.85. The van der Waals surface area contributed by atoms with Crippen molar-refractivity contribution in [1.82, 2.24) is 4.98 Å². The third kappa shape index (κ3) is 2.10. The number of rotatable bonds is 3. The summed E-state index contributed by atoms with van der Waals surface area (Å²) in [5, 5.41) is 0. The van der Waals surface area contributed by atoms with E-state index in [4.69, 9.17) is 4.74 Å². The van der Waals surface area contributed by atoms with Gasteiger partial charge >= 0.3 is 11.9 Å². The Morgan fingerprint density at radius 1 is 1.19 bits per heavy atom. The lowest BCUT2D eigenvalue weighted by molar-refractivity contribution is 0.0551. The highest BCUT2D eigenvalue weighted by atomic mass is 16.5. The van der Waals surface area contributed by atoms with Crippen LogP contribution < -0.4 is 4.74 Å². The SMILES string of the molecule is COC(=O)c1c[c]nc(OC)c1C(=O)OC. The summed E-state index contributed by atoms with van der Waals surface area (Å²) in [6.45, 7) is 0. The Kier molecular flexibility index (Phi) is 3.82. The van der Waals surface area contributed by atoms with Crippen molar-refractivity contribution < 1.29 is 23.8 Å². The van der Waals surface area contributed by atoms with Crippen molar-refractivity contribution in [1.29, 1.82) is 0 Å². The maximum Gasteiger partial charge on any atom is 0.344 e. The standard InChI is InChI=1S/C10H10NO5/c1-14-8-7(10(13)16-3)6(4-5-11-8)9(12)15-2/h4H,1-3H3. The highest BCUT2D eigenvalue weighted by molar-refractivity contribution is 6.04. The van der Waals surface area contributed by atoms with Gasteiger partial charge in [0, 0.05) is 0 Å². The fourth-order valence-corrected chi connectivity index (χ4v) is 1.12. The molecule has 0 saturated carbocycles. The summed E-state index contributed by atoms with van der Waals surface area (Å²) in [4.78, 5) is 26.5. The van der Waals surface area contributed by atoms with E-state index in [1.54, 1.807) is 0 Å². The van der Waals surface area contributed by atoms with Gasteiger partial charge < -0.3 is 14.2 Å². The van der Waals surface area contributed by atoms with Crippen LogP contribution in [0.2, 0.25) is 0 Å². The van der Waals surface area contributed by atoms with Gasteiger partial charge in [0.25, 0.3) is 0 Å². The van der Waals surface area contributed by atoms with Crippen molar-refractivity contribution in [3.05, 3.63) is 23.4 Å². The van der Waals surface area contributed by atoms with E-state index in [0.29, 0.717) is 0 Å². The van der Waals surface area contributed by atoms with Crippen molar-refractivity contribution in [3.8, 4) is 5.88 Å². The van der Waals surface area contributed by atoms with E-state index >= 15 is 0 Å². The summed E-state index contributed by atoms with van der Waals surface area (Å²) in [6.07, 6.45) is 2.43. The molecule has 0 amide bonds. The second kappa shape index (κ2) is 5.11. The van der Waals surface area contributed by atoms with Gasteiger partial charge in [-0.25, -0.2) is 14.6 Å². The minimum Gasteiger partial charge on any atom is -0.480 e. The van der Waals surface area contributed by atoms with E-state index in [2.05, 4.69) is 20.7 Å². The summed E-state index contributed by atoms with van der Waals surface area (Å²) in [5.41, 5.74) is -0.0724. The molecule has 0 unspecified atom stereocenters.